The predicted molar refractivity (Wildman–Crippen MR) is 72.1 cm³/mol. The first-order chi connectivity index (χ1) is 9.16. The third-order valence-corrected chi connectivity index (χ3v) is 4.85. The molecule has 4 unspecified atom stereocenters. The molecule has 1 saturated carbocycles. The van der Waals surface area contributed by atoms with Crippen LogP contribution in [-0.2, 0) is 9.59 Å². The van der Waals surface area contributed by atoms with Gasteiger partial charge < -0.3 is 0 Å². The first-order valence-electron chi connectivity index (χ1n) is 6.33. The number of amides is 2. The van der Waals surface area contributed by atoms with Gasteiger partial charge in [0.15, 0.2) is 0 Å². The molecule has 2 amide bonds. The van der Waals surface area contributed by atoms with Crippen LogP contribution in [0.15, 0.2) is 35.1 Å². The summed E-state index contributed by atoms with van der Waals surface area (Å²) < 4.78 is 0.767. The average Bonchev–Trinajstić information content (AvgIpc) is 3.04. The molecular weight excluding hydrogens is 308 g/mol. The molecule has 0 spiro atoms. The van der Waals surface area contributed by atoms with E-state index in [0.717, 1.165) is 10.9 Å². The van der Waals surface area contributed by atoms with E-state index in [1.54, 1.807) is 18.5 Å². The second-order valence-electron chi connectivity index (χ2n) is 5.37. The molecular formula is C14H11BrN2O2. The number of fused-ring (bicyclic) bond motifs is 5. The average molecular weight is 319 g/mol. The minimum absolute atomic E-state index is 0.0632. The van der Waals surface area contributed by atoms with E-state index in [0.29, 0.717) is 5.69 Å². The van der Waals surface area contributed by atoms with E-state index in [1.165, 1.54) is 4.90 Å². The third kappa shape index (κ3) is 1.42. The summed E-state index contributed by atoms with van der Waals surface area (Å²) in [5.41, 5.74) is 0.568. The van der Waals surface area contributed by atoms with E-state index in [1.807, 2.05) is 0 Å². The fourth-order valence-corrected chi connectivity index (χ4v) is 4.03. The normalized spacial score (nSPS) is 35.3. The molecule has 0 radical (unpaired) electrons. The van der Waals surface area contributed by atoms with Crippen molar-refractivity contribution >= 4 is 33.4 Å². The van der Waals surface area contributed by atoms with Crippen molar-refractivity contribution in [3.63, 3.8) is 0 Å². The predicted octanol–water partition coefficient (Wildman–Crippen LogP) is 2.16. The van der Waals surface area contributed by atoms with Gasteiger partial charge in [0, 0.05) is 10.7 Å². The zero-order valence-corrected chi connectivity index (χ0v) is 11.6. The Hall–Kier alpha value is -1.49. The number of anilines is 1. The number of allylic oxidation sites excluding steroid dienone is 2. The minimum Gasteiger partial charge on any atom is -0.274 e. The smallest absolute Gasteiger partial charge is 0.238 e. The SMILES string of the molecule is O=C1C2C3C=CC(C3)C2C(=O)N1c1cncc(Br)c1. The molecule has 1 saturated heterocycles. The lowest BCUT2D eigenvalue weighted by Gasteiger charge is -2.16. The van der Waals surface area contributed by atoms with Crippen molar-refractivity contribution in [2.24, 2.45) is 23.7 Å². The quantitative estimate of drug-likeness (QED) is 0.589. The van der Waals surface area contributed by atoms with Crippen molar-refractivity contribution in [3.8, 4) is 0 Å². The van der Waals surface area contributed by atoms with Gasteiger partial charge in [0.1, 0.15) is 0 Å². The molecule has 4 nitrogen and oxygen atoms in total. The van der Waals surface area contributed by atoms with E-state index in [4.69, 9.17) is 0 Å². The highest BCUT2D eigenvalue weighted by Gasteiger charge is 2.59. The van der Waals surface area contributed by atoms with E-state index >= 15 is 0 Å². The number of imide groups is 1. The van der Waals surface area contributed by atoms with Gasteiger partial charge in [-0.3, -0.25) is 14.6 Å². The summed E-state index contributed by atoms with van der Waals surface area (Å²) in [5.74, 6) is 0.0644. The highest BCUT2D eigenvalue weighted by atomic mass is 79.9. The van der Waals surface area contributed by atoms with Gasteiger partial charge >= 0.3 is 0 Å². The number of nitrogens with zero attached hydrogens (tertiary/aromatic N) is 2. The van der Waals surface area contributed by atoms with E-state index in [9.17, 15) is 9.59 Å². The fraction of sp³-hybridized carbons (Fsp3) is 0.357. The monoisotopic (exact) mass is 318 g/mol. The van der Waals surface area contributed by atoms with Crippen LogP contribution in [0.4, 0.5) is 5.69 Å². The van der Waals surface area contributed by atoms with Crippen LogP contribution in [0.25, 0.3) is 0 Å². The summed E-state index contributed by atoms with van der Waals surface area (Å²) in [6, 6.07) is 1.76. The summed E-state index contributed by atoms with van der Waals surface area (Å²) in [5, 5.41) is 0. The lowest BCUT2D eigenvalue weighted by atomic mass is 9.85. The maximum absolute atomic E-state index is 12.5. The largest absolute Gasteiger partial charge is 0.274 e. The molecule has 0 aromatic carbocycles. The van der Waals surface area contributed by atoms with Crippen molar-refractivity contribution in [3.05, 3.63) is 35.1 Å². The minimum atomic E-state index is -0.151. The van der Waals surface area contributed by atoms with Gasteiger partial charge in [-0.05, 0) is 40.3 Å². The molecule has 3 aliphatic rings. The van der Waals surface area contributed by atoms with Gasteiger partial charge in [0.2, 0.25) is 11.8 Å². The van der Waals surface area contributed by atoms with Gasteiger partial charge in [-0.15, -0.1) is 0 Å². The highest BCUT2D eigenvalue weighted by Crippen LogP contribution is 2.53. The Kier molecular flexibility index (Phi) is 2.24. The molecule has 0 N–H and O–H groups in total. The van der Waals surface area contributed by atoms with Crippen LogP contribution in [0.1, 0.15) is 6.42 Å². The molecule has 4 rings (SSSR count). The second-order valence-corrected chi connectivity index (χ2v) is 6.29. The van der Waals surface area contributed by atoms with Gasteiger partial charge in [-0.2, -0.15) is 0 Å². The number of aromatic nitrogens is 1. The Labute approximate surface area is 118 Å². The van der Waals surface area contributed by atoms with E-state index in [-0.39, 0.29) is 35.5 Å². The second kappa shape index (κ2) is 3.76. The lowest BCUT2D eigenvalue weighted by molar-refractivity contribution is -0.123. The summed E-state index contributed by atoms with van der Waals surface area (Å²) in [7, 11) is 0. The zero-order chi connectivity index (χ0) is 13.1. The molecule has 96 valence electrons. The summed E-state index contributed by atoms with van der Waals surface area (Å²) >= 11 is 3.32. The van der Waals surface area contributed by atoms with Crippen LogP contribution in [0.3, 0.4) is 0 Å². The molecule has 1 aromatic rings. The fourth-order valence-electron chi connectivity index (χ4n) is 3.68. The molecule has 2 fully saturated rings. The van der Waals surface area contributed by atoms with Crippen molar-refractivity contribution in [2.45, 2.75) is 6.42 Å². The Morgan fingerprint density at radius 3 is 2.32 bits per heavy atom. The number of carbonyl (C=O) groups is 2. The number of halogens is 1. The van der Waals surface area contributed by atoms with Crippen LogP contribution < -0.4 is 4.90 Å². The number of pyridine rings is 1. The molecule has 2 heterocycles. The number of carbonyl (C=O) groups excluding carboxylic acids is 2. The summed E-state index contributed by atoms with van der Waals surface area (Å²) in [4.78, 5) is 30.4. The number of hydrogen-bond donors (Lipinski definition) is 0. The van der Waals surface area contributed by atoms with Gasteiger partial charge in [-0.1, -0.05) is 12.2 Å². The van der Waals surface area contributed by atoms with Crippen molar-refractivity contribution in [1.29, 1.82) is 0 Å². The van der Waals surface area contributed by atoms with Crippen LogP contribution in [-0.4, -0.2) is 16.8 Å². The van der Waals surface area contributed by atoms with Crippen molar-refractivity contribution in [1.82, 2.24) is 4.98 Å². The molecule has 1 aromatic heterocycles. The maximum atomic E-state index is 12.5. The highest BCUT2D eigenvalue weighted by molar-refractivity contribution is 9.10. The lowest BCUT2D eigenvalue weighted by Crippen LogP contribution is -2.32. The van der Waals surface area contributed by atoms with Crippen LogP contribution in [0.2, 0.25) is 0 Å². The van der Waals surface area contributed by atoms with E-state index < -0.39 is 0 Å². The Morgan fingerprint density at radius 1 is 1.11 bits per heavy atom. The number of hydrogen-bond acceptors (Lipinski definition) is 3. The Bertz CT molecular complexity index is 598. The van der Waals surface area contributed by atoms with Crippen LogP contribution >= 0.6 is 15.9 Å². The Balaban J connectivity index is 1.77. The first-order valence-corrected chi connectivity index (χ1v) is 7.13. The number of rotatable bonds is 1. The topological polar surface area (TPSA) is 50.3 Å². The standard InChI is InChI=1S/C14H11BrN2O2/c15-9-4-10(6-16-5-9)17-13(18)11-7-1-2-8(3-7)12(11)14(17)19/h1-2,4-8,11-12H,3H2. The van der Waals surface area contributed by atoms with Crippen LogP contribution in [0.5, 0.6) is 0 Å². The molecule has 1 aliphatic heterocycles. The van der Waals surface area contributed by atoms with Gasteiger partial charge in [-0.25, -0.2) is 4.90 Å². The Morgan fingerprint density at radius 2 is 1.74 bits per heavy atom. The maximum Gasteiger partial charge on any atom is 0.238 e. The first kappa shape index (κ1) is 11.3. The van der Waals surface area contributed by atoms with E-state index in [2.05, 4.69) is 33.1 Å². The molecule has 4 atom stereocenters. The van der Waals surface area contributed by atoms with Gasteiger partial charge in [0.25, 0.3) is 0 Å². The summed E-state index contributed by atoms with van der Waals surface area (Å²) in [6.07, 6.45) is 8.36. The van der Waals surface area contributed by atoms with Crippen molar-refractivity contribution < 1.29 is 9.59 Å². The molecule has 2 aliphatic carbocycles. The molecule has 2 bridgehead atoms. The third-order valence-electron chi connectivity index (χ3n) is 4.42. The molecule has 5 heteroatoms. The summed E-state index contributed by atoms with van der Waals surface area (Å²) in [6.45, 7) is 0. The zero-order valence-electron chi connectivity index (χ0n) is 9.99. The van der Waals surface area contributed by atoms with Crippen molar-refractivity contribution in [2.75, 3.05) is 4.90 Å². The molecule has 19 heavy (non-hydrogen) atoms. The van der Waals surface area contributed by atoms with Gasteiger partial charge in [0.05, 0.1) is 23.7 Å². The van der Waals surface area contributed by atoms with Crippen LogP contribution in [0, 0.1) is 23.7 Å².